The zero-order valence-corrected chi connectivity index (χ0v) is 22.0. The Hall–Kier alpha value is -3.46. The lowest BCUT2D eigenvalue weighted by atomic mass is 10.0. The van der Waals surface area contributed by atoms with Crippen LogP contribution in [0.3, 0.4) is 0 Å². The molecule has 0 bridgehead atoms. The Bertz CT molecular complexity index is 1050. The van der Waals surface area contributed by atoms with E-state index in [2.05, 4.69) is 21.3 Å². The van der Waals surface area contributed by atoms with Crippen molar-refractivity contribution in [2.24, 2.45) is 5.92 Å². The lowest BCUT2D eigenvalue weighted by Gasteiger charge is -2.20. The summed E-state index contributed by atoms with van der Waals surface area (Å²) in [6.45, 7) is 3.15. The Morgan fingerprint density at radius 3 is 2.71 bits per heavy atom. The number of hydrogen-bond acceptors (Lipinski definition) is 5. The predicted octanol–water partition coefficient (Wildman–Crippen LogP) is 2.51. The molecule has 206 valence electrons. The van der Waals surface area contributed by atoms with E-state index in [-0.39, 0.29) is 36.6 Å². The van der Waals surface area contributed by atoms with Crippen molar-refractivity contribution in [3.8, 4) is 5.75 Å². The molecule has 9 heteroatoms. The molecule has 2 atom stereocenters. The fourth-order valence-corrected chi connectivity index (χ4v) is 4.37. The van der Waals surface area contributed by atoms with E-state index < -0.39 is 6.04 Å². The third-order valence-electron chi connectivity index (χ3n) is 6.43. The van der Waals surface area contributed by atoms with Crippen LogP contribution in [-0.4, -0.2) is 56.5 Å². The van der Waals surface area contributed by atoms with Crippen molar-refractivity contribution in [2.75, 3.05) is 26.2 Å². The summed E-state index contributed by atoms with van der Waals surface area (Å²) in [4.78, 5) is 35.7. The summed E-state index contributed by atoms with van der Waals surface area (Å²) in [5.74, 6) is 0.535. The van der Waals surface area contributed by atoms with Gasteiger partial charge >= 0.3 is 0 Å². The van der Waals surface area contributed by atoms with Gasteiger partial charge in [-0.15, -0.1) is 0 Å². The number of rotatable bonds is 18. The van der Waals surface area contributed by atoms with E-state index in [0.29, 0.717) is 37.6 Å². The lowest BCUT2D eigenvalue weighted by molar-refractivity contribution is -0.127. The van der Waals surface area contributed by atoms with Gasteiger partial charge in [0.05, 0.1) is 12.6 Å². The van der Waals surface area contributed by atoms with Gasteiger partial charge in [0.2, 0.25) is 18.2 Å². The first-order valence-corrected chi connectivity index (χ1v) is 13.4. The van der Waals surface area contributed by atoms with Gasteiger partial charge in [0, 0.05) is 19.1 Å². The molecule has 38 heavy (non-hydrogen) atoms. The molecule has 0 aliphatic heterocycles. The van der Waals surface area contributed by atoms with E-state index in [1.165, 1.54) is 25.0 Å². The Morgan fingerprint density at radius 2 is 1.95 bits per heavy atom. The van der Waals surface area contributed by atoms with Crippen LogP contribution in [0.2, 0.25) is 0 Å². The molecular formula is C29H39FN4O4. The molecular weight excluding hydrogens is 487 g/mol. The van der Waals surface area contributed by atoms with E-state index >= 15 is 0 Å². The molecule has 3 rings (SSSR count). The van der Waals surface area contributed by atoms with Crippen LogP contribution < -0.4 is 26.0 Å². The second kappa shape index (κ2) is 15.7. The van der Waals surface area contributed by atoms with Gasteiger partial charge in [-0.1, -0.05) is 43.2 Å². The maximum Gasteiger partial charge on any atom is 0.239 e. The molecule has 0 unspecified atom stereocenters. The lowest BCUT2D eigenvalue weighted by Crippen LogP contribution is -2.49. The van der Waals surface area contributed by atoms with Crippen LogP contribution in [0.1, 0.15) is 43.7 Å². The van der Waals surface area contributed by atoms with Gasteiger partial charge in [-0.05, 0) is 67.9 Å². The Kier molecular flexibility index (Phi) is 12.0. The van der Waals surface area contributed by atoms with Crippen molar-refractivity contribution in [3.05, 3.63) is 65.5 Å². The smallest absolute Gasteiger partial charge is 0.239 e. The molecule has 0 saturated heterocycles. The summed E-state index contributed by atoms with van der Waals surface area (Å²) < 4.78 is 19.7. The number of benzene rings is 2. The Morgan fingerprint density at radius 1 is 1.13 bits per heavy atom. The average Bonchev–Trinajstić information content (AvgIpc) is 3.71. The van der Waals surface area contributed by atoms with E-state index in [0.717, 1.165) is 30.6 Å². The molecule has 1 aliphatic carbocycles. The van der Waals surface area contributed by atoms with Crippen molar-refractivity contribution in [1.29, 1.82) is 0 Å². The van der Waals surface area contributed by atoms with Crippen LogP contribution in [0, 0.1) is 11.7 Å². The molecule has 8 nitrogen and oxygen atoms in total. The average molecular weight is 527 g/mol. The monoisotopic (exact) mass is 526 g/mol. The SMILES string of the molecule is C[C@H](CC1CC1)NC(=O)CNC(=O)[C@@H](Cc1cccc(F)c1)NCCOc1ccccc1CCCNC=O. The Balaban J connectivity index is 1.50. The molecule has 0 spiro atoms. The minimum Gasteiger partial charge on any atom is -0.492 e. The highest BCUT2D eigenvalue weighted by atomic mass is 19.1. The number of nitrogens with one attached hydrogen (secondary N) is 4. The minimum absolute atomic E-state index is 0.0782. The first kappa shape index (κ1) is 29.1. The van der Waals surface area contributed by atoms with Gasteiger partial charge < -0.3 is 26.0 Å². The van der Waals surface area contributed by atoms with Gasteiger partial charge in [-0.3, -0.25) is 14.4 Å². The summed E-state index contributed by atoms with van der Waals surface area (Å²) in [5.41, 5.74) is 1.71. The molecule has 2 aromatic rings. The maximum absolute atomic E-state index is 13.7. The summed E-state index contributed by atoms with van der Waals surface area (Å²) in [7, 11) is 0. The Labute approximate surface area is 224 Å². The number of ether oxygens (including phenoxy) is 1. The number of carbonyl (C=O) groups is 3. The topological polar surface area (TPSA) is 109 Å². The first-order valence-electron chi connectivity index (χ1n) is 13.4. The third kappa shape index (κ3) is 10.9. The molecule has 4 N–H and O–H groups in total. The van der Waals surface area contributed by atoms with Crippen LogP contribution in [0.25, 0.3) is 0 Å². The largest absolute Gasteiger partial charge is 0.492 e. The fourth-order valence-electron chi connectivity index (χ4n) is 4.37. The normalized spacial score (nSPS) is 14.3. The van der Waals surface area contributed by atoms with Gasteiger partial charge in [0.1, 0.15) is 18.2 Å². The second-order valence-corrected chi connectivity index (χ2v) is 9.84. The molecule has 1 aliphatic rings. The summed E-state index contributed by atoms with van der Waals surface area (Å²) >= 11 is 0. The van der Waals surface area contributed by atoms with Crippen LogP contribution in [0.4, 0.5) is 4.39 Å². The van der Waals surface area contributed by atoms with Crippen molar-refractivity contribution in [1.82, 2.24) is 21.3 Å². The number of hydrogen-bond donors (Lipinski definition) is 4. The van der Waals surface area contributed by atoms with Crippen molar-refractivity contribution in [3.63, 3.8) is 0 Å². The summed E-state index contributed by atoms with van der Waals surface area (Å²) in [5, 5.41) is 11.5. The summed E-state index contributed by atoms with van der Waals surface area (Å²) in [6.07, 6.45) is 5.91. The minimum atomic E-state index is -0.665. The van der Waals surface area contributed by atoms with Crippen molar-refractivity contribution in [2.45, 2.75) is 57.5 Å². The quantitative estimate of drug-likeness (QED) is 0.176. The highest BCUT2D eigenvalue weighted by Crippen LogP contribution is 2.33. The van der Waals surface area contributed by atoms with E-state index in [1.807, 2.05) is 31.2 Å². The van der Waals surface area contributed by atoms with Crippen molar-refractivity contribution < 1.29 is 23.5 Å². The second-order valence-electron chi connectivity index (χ2n) is 9.84. The number of para-hydroxylation sites is 1. The van der Waals surface area contributed by atoms with Crippen LogP contribution in [0.5, 0.6) is 5.75 Å². The van der Waals surface area contributed by atoms with E-state index in [4.69, 9.17) is 4.74 Å². The van der Waals surface area contributed by atoms with Crippen LogP contribution in [-0.2, 0) is 27.2 Å². The summed E-state index contributed by atoms with van der Waals surface area (Å²) in [6, 6.07) is 13.3. The highest BCUT2D eigenvalue weighted by molar-refractivity contribution is 5.87. The molecule has 1 fully saturated rings. The number of aryl methyl sites for hydroxylation is 1. The van der Waals surface area contributed by atoms with E-state index in [9.17, 15) is 18.8 Å². The third-order valence-corrected chi connectivity index (χ3v) is 6.43. The maximum atomic E-state index is 13.7. The molecule has 1 saturated carbocycles. The molecule has 3 amide bonds. The van der Waals surface area contributed by atoms with Crippen LogP contribution in [0.15, 0.2) is 48.5 Å². The molecule has 0 aromatic heterocycles. The van der Waals surface area contributed by atoms with E-state index in [1.54, 1.807) is 12.1 Å². The van der Waals surface area contributed by atoms with Gasteiger partial charge in [0.15, 0.2) is 0 Å². The molecule has 2 aromatic carbocycles. The fraction of sp³-hybridized carbons (Fsp3) is 0.483. The van der Waals surface area contributed by atoms with Crippen molar-refractivity contribution >= 4 is 18.2 Å². The molecule has 0 heterocycles. The zero-order valence-electron chi connectivity index (χ0n) is 22.0. The highest BCUT2D eigenvalue weighted by Gasteiger charge is 2.24. The van der Waals surface area contributed by atoms with Gasteiger partial charge in [-0.2, -0.15) is 0 Å². The number of halogens is 1. The number of amides is 3. The standard InChI is InChI=1S/C29H39FN4O4/c1-21(16-22-11-12-22)34-28(36)19-33-29(37)26(18-23-6-4-9-25(30)17-23)32-14-15-38-27-10-3-2-7-24(27)8-5-13-31-20-35/h2-4,6-7,9-10,17,20-22,26,32H,5,8,11-16,18-19H2,1H3,(H,31,35)(H,33,37)(H,34,36)/t21-,26-/m1/s1. The van der Waals surface area contributed by atoms with Gasteiger partial charge in [-0.25, -0.2) is 4.39 Å². The first-order chi connectivity index (χ1) is 18.4. The zero-order chi connectivity index (χ0) is 27.2. The predicted molar refractivity (Wildman–Crippen MR) is 144 cm³/mol. The van der Waals surface area contributed by atoms with Gasteiger partial charge in [0.25, 0.3) is 0 Å². The van der Waals surface area contributed by atoms with Crippen LogP contribution >= 0.6 is 0 Å². The number of carbonyl (C=O) groups excluding carboxylic acids is 3. The molecule has 0 radical (unpaired) electrons.